The number of carboxylic acids is 1. The van der Waals surface area contributed by atoms with Crippen molar-refractivity contribution in [1.82, 2.24) is 10.1 Å². The van der Waals surface area contributed by atoms with Crippen LogP contribution in [-0.4, -0.2) is 39.6 Å². The molecule has 0 aromatic carbocycles. The average Bonchev–Trinajstić information content (AvgIpc) is 2.90. The van der Waals surface area contributed by atoms with Gasteiger partial charge in [0, 0.05) is 24.6 Å². The molecule has 114 valence electrons. The fourth-order valence-electron chi connectivity index (χ4n) is 3.28. The highest BCUT2D eigenvalue weighted by Crippen LogP contribution is 2.28. The molecule has 2 aliphatic rings. The summed E-state index contributed by atoms with van der Waals surface area (Å²) >= 11 is 0. The number of fused-ring (bicyclic) bond motifs is 1. The van der Waals surface area contributed by atoms with Gasteiger partial charge in [0.25, 0.3) is 5.91 Å². The van der Waals surface area contributed by atoms with Crippen molar-refractivity contribution in [3.8, 4) is 0 Å². The zero-order chi connectivity index (χ0) is 15.0. The zero-order valence-electron chi connectivity index (χ0n) is 12.2. The van der Waals surface area contributed by atoms with Crippen LogP contribution in [0.5, 0.6) is 0 Å². The number of aromatic nitrogens is 1. The number of hydrogen-bond acceptors (Lipinski definition) is 4. The van der Waals surface area contributed by atoms with Gasteiger partial charge in [-0.3, -0.25) is 9.59 Å². The van der Waals surface area contributed by atoms with Crippen LogP contribution >= 0.6 is 0 Å². The van der Waals surface area contributed by atoms with Gasteiger partial charge in [0.15, 0.2) is 5.69 Å². The van der Waals surface area contributed by atoms with Gasteiger partial charge in [-0.25, -0.2) is 0 Å². The van der Waals surface area contributed by atoms with Crippen LogP contribution in [0.1, 0.15) is 54.4 Å². The molecule has 0 spiro atoms. The van der Waals surface area contributed by atoms with Gasteiger partial charge in [0.2, 0.25) is 0 Å². The lowest BCUT2D eigenvalue weighted by atomic mass is 9.92. The maximum absolute atomic E-state index is 12.7. The maximum Gasteiger partial charge on any atom is 0.308 e. The molecule has 1 N–H and O–H groups in total. The summed E-state index contributed by atoms with van der Waals surface area (Å²) in [5, 5.41) is 13.1. The molecule has 2 heterocycles. The molecular formula is C15H20N2O4. The van der Waals surface area contributed by atoms with E-state index in [-0.39, 0.29) is 18.5 Å². The Morgan fingerprint density at radius 1 is 1.29 bits per heavy atom. The number of amides is 1. The highest BCUT2D eigenvalue weighted by atomic mass is 16.5. The fourth-order valence-corrected chi connectivity index (χ4v) is 3.28. The number of aryl methyl sites for hydroxylation is 1. The predicted octanol–water partition coefficient (Wildman–Crippen LogP) is 1.88. The van der Waals surface area contributed by atoms with Gasteiger partial charge < -0.3 is 14.5 Å². The van der Waals surface area contributed by atoms with E-state index in [9.17, 15) is 14.7 Å². The number of aliphatic carboxylic acids is 1. The molecule has 1 aromatic heterocycles. The molecule has 2 atom stereocenters. The Morgan fingerprint density at radius 2 is 2.05 bits per heavy atom. The topological polar surface area (TPSA) is 83.6 Å². The molecular weight excluding hydrogens is 272 g/mol. The number of likely N-dealkylation sites (tertiary alicyclic amines) is 1. The van der Waals surface area contributed by atoms with E-state index in [4.69, 9.17) is 4.52 Å². The van der Waals surface area contributed by atoms with E-state index in [1.54, 1.807) is 4.90 Å². The van der Waals surface area contributed by atoms with Crippen LogP contribution < -0.4 is 0 Å². The number of hydrogen-bond donors (Lipinski definition) is 1. The summed E-state index contributed by atoms with van der Waals surface area (Å²) in [6, 6.07) is 0.0454. The second kappa shape index (κ2) is 5.50. The normalized spacial score (nSPS) is 25.5. The first-order valence-electron chi connectivity index (χ1n) is 7.59. The minimum atomic E-state index is -0.832. The smallest absolute Gasteiger partial charge is 0.308 e. The van der Waals surface area contributed by atoms with Crippen LogP contribution in [0.3, 0.4) is 0 Å². The number of nitrogens with zero attached hydrogens (tertiary/aromatic N) is 2. The van der Waals surface area contributed by atoms with Crippen LogP contribution in [0.2, 0.25) is 0 Å². The molecule has 6 nitrogen and oxygen atoms in total. The van der Waals surface area contributed by atoms with Gasteiger partial charge in [-0.15, -0.1) is 0 Å². The zero-order valence-corrected chi connectivity index (χ0v) is 12.2. The summed E-state index contributed by atoms with van der Waals surface area (Å²) in [5.41, 5.74) is 1.32. The molecule has 6 heteroatoms. The molecule has 0 bridgehead atoms. The lowest BCUT2D eigenvalue weighted by molar-refractivity contribution is -0.143. The summed E-state index contributed by atoms with van der Waals surface area (Å²) < 4.78 is 5.29. The highest BCUT2D eigenvalue weighted by Gasteiger charge is 2.35. The first-order valence-corrected chi connectivity index (χ1v) is 7.59. The second-order valence-corrected chi connectivity index (χ2v) is 6.06. The number of rotatable bonds is 2. The Bertz CT molecular complexity index is 566. The summed E-state index contributed by atoms with van der Waals surface area (Å²) in [4.78, 5) is 25.5. The molecule has 1 fully saturated rings. The van der Waals surface area contributed by atoms with Crippen molar-refractivity contribution in [2.75, 3.05) is 6.54 Å². The SMILES string of the molecule is CC1CCC(C(=O)O)CN1C(=O)c1noc2c1CCCC2. The first kappa shape index (κ1) is 14.1. The van der Waals surface area contributed by atoms with Gasteiger partial charge in [0.1, 0.15) is 5.76 Å². The van der Waals surface area contributed by atoms with E-state index in [2.05, 4.69) is 5.16 Å². The molecule has 1 amide bonds. The molecule has 1 saturated heterocycles. The number of carbonyl (C=O) groups excluding carboxylic acids is 1. The Balaban J connectivity index is 1.83. The number of piperidine rings is 1. The van der Waals surface area contributed by atoms with Gasteiger partial charge in [-0.05, 0) is 39.0 Å². The van der Waals surface area contributed by atoms with Gasteiger partial charge in [-0.2, -0.15) is 0 Å². The van der Waals surface area contributed by atoms with E-state index in [1.807, 2.05) is 6.92 Å². The van der Waals surface area contributed by atoms with Gasteiger partial charge in [-0.1, -0.05) is 5.16 Å². The van der Waals surface area contributed by atoms with Crippen LogP contribution in [0, 0.1) is 5.92 Å². The van der Waals surface area contributed by atoms with Gasteiger partial charge in [0.05, 0.1) is 5.92 Å². The van der Waals surface area contributed by atoms with Crippen LogP contribution in [0.25, 0.3) is 0 Å². The summed E-state index contributed by atoms with van der Waals surface area (Å²) in [7, 11) is 0. The predicted molar refractivity (Wildman–Crippen MR) is 74.0 cm³/mol. The Morgan fingerprint density at radius 3 is 2.81 bits per heavy atom. The minimum absolute atomic E-state index is 0.0454. The van der Waals surface area contributed by atoms with Crippen molar-refractivity contribution in [1.29, 1.82) is 0 Å². The third-order valence-corrected chi connectivity index (χ3v) is 4.64. The van der Waals surface area contributed by atoms with Crippen LogP contribution in [-0.2, 0) is 17.6 Å². The third-order valence-electron chi connectivity index (χ3n) is 4.64. The van der Waals surface area contributed by atoms with E-state index in [0.717, 1.165) is 37.0 Å². The first-order chi connectivity index (χ1) is 10.1. The lowest BCUT2D eigenvalue weighted by Crippen LogP contribution is -2.47. The summed E-state index contributed by atoms with van der Waals surface area (Å²) in [6.07, 6.45) is 5.10. The molecule has 0 radical (unpaired) electrons. The van der Waals surface area contributed by atoms with E-state index >= 15 is 0 Å². The standard InChI is InChI=1S/C15H20N2O4/c1-9-6-7-10(15(19)20)8-17(9)14(18)13-11-4-2-3-5-12(11)21-16-13/h9-10H,2-8H2,1H3,(H,19,20). The monoisotopic (exact) mass is 292 g/mol. The van der Waals surface area contributed by atoms with Crippen LogP contribution in [0.4, 0.5) is 0 Å². The van der Waals surface area contributed by atoms with Crippen molar-refractivity contribution in [2.45, 2.75) is 51.5 Å². The quantitative estimate of drug-likeness (QED) is 0.899. The average molecular weight is 292 g/mol. The fraction of sp³-hybridized carbons (Fsp3) is 0.667. The molecule has 1 aliphatic carbocycles. The van der Waals surface area contributed by atoms with Crippen molar-refractivity contribution >= 4 is 11.9 Å². The van der Waals surface area contributed by atoms with Crippen molar-refractivity contribution < 1.29 is 19.2 Å². The largest absolute Gasteiger partial charge is 0.481 e. The molecule has 21 heavy (non-hydrogen) atoms. The lowest BCUT2D eigenvalue weighted by Gasteiger charge is -2.36. The summed E-state index contributed by atoms with van der Waals surface area (Å²) in [6.45, 7) is 2.22. The third kappa shape index (κ3) is 2.54. The molecule has 1 aliphatic heterocycles. The Labute approximate surface area is 123 Å². The molecule has 3 rings (SSSR count). The molecule has 1 aromatic rings. The van der Waals surface area contributed by atoms with E-state index < -0.39 is 11.9 Å². The summed E-state index contributed by atoms with van der Waals surface area (Å²) in [5.74, 6) is -0.667. The van der Waals surface area contributed by atoms with Crippen molar-refractivity contribution in [3.63, 3.8) is 0 Å². The second-order valence-electron chi connectivity index (χ2n) is 6.06. The molecule has 2 unspecified atom stereocenters. The van der Waals surface area contributed by atoms with Crippen LogP contribution in [0.15, 0.2) is 4.52 Å². The van der Waals surface area contributed by atoms with Gasteiger partial charge >= 0.3 is 5.97 Å². The van der Waals surface area contributed by atoms with E-state index in [0.29, 0.717) is 18.5 Å². The number of carbonyl (C=O) groups is 2. The minimum Gasteiger partial charge on any atom is -0.481 e. The number of carboxylic acid groups (broad SMARTS) is 1. The Kier molecular flexibility index (Phi) is 3.69. The Hall–Kier alpha value is -1.85. The van der Waals surface area contributed by atoms with Crippen molar-refractivity contribution in [3.05, 3.63) is 17.0 Å². The highest BCUT2D eigenvalue weighted by molar-refractivity contribution is 5.94. The van der Waals surface area contributed by atoms with Crippen molar-refractivity contribution in [2.24, 2.45) is 5.92 Å². The molecule has 0 saturated carbocycles. The van der Waals surface area contributed by atoms with E-state index in [1.165, 1.54) is 0 Å². The maximum atomic E-state index is 12.7.